The zero-order valence-corrected chi connectivity index (χ0v) is 10.0. The molecule has 0 saturated carbocycles. The van der Waals surface area contributed by atoms with Crippen LogP contribution in [-0.2, 0) is 10.5 Å². The van der Waals surface area contributed by atoms with Crippen LogP contribution in [0.25, 0.3) is 0 Å². The van der Waals surface area contributed by atoms with Crippen molar-refractivity contribution in [2.24, 2.45) is 5.73 Å². The minimum absolute atomic E-state index is 0.378. The number of rotatable bonds is 6. The number of hydrogen-bond donors (Lipinski definition) is 2. The molecule has 0 saturated heterocycles. The average Bonchev–Trinajstić information content (AvgIpc) is 2.29. The number of thioether (sulfide) groups is 1. The number of primary amides is 1. The van der Waals surface area contributed by atoms with Crippen molar-refractivity contribution in [3.05, 3.63) is 35.4 Å². The minimum atomic E-state index is -1.15. The van der Waals surface area contributed by atoms with Crippen LogP contribution in [0.2, 0.25) is 0 Å². The van der Waals surface area contributed by atoms with Gasteiger partial charge in [0.25, 0.3) is 0 Å². The molecule has 5 nitrogen and oxygen atoms in total. The number of carboxylic acids is 1. The highest BCUT2D eigenvalue weighted by atomic mass is 32.2. The van der Waals surface area contributed by atoms with Gasteiger partial charge in [-0.25, -0.2) is 0 Å². The van der Waals surface area contributed by atoms with Crippen LogP contribution < -0.4 is 16.6 Å². The van der Waals surface area contributed by atoms with Crippen LogP contribution in [0.15, 0.2) is 24.3 Å². The second-order valence-corrected chi connectivity index (χ2v) is 4.63. The molecule has 0 heterocycles. The first-order valence-corrected chi connectivity index (χ1v) is 6.16. The first kappa shape index (κ1) is 13.5. The number of hydrogen-bond acceptors (Lipinski definition) is 4. The van der Waals surface area contributed by atoms with E-state index in [9.17, 15) is 14.7 Å². The van der Waals surface area contributed by atoms with E-state index in [2.05, 4.69) is 5.73 Å². The molecule has 1 amide bonds. The van der Waals surface area contributed by atoms with Crippen molar-refractivity contribution in [1.82, 2.24) is 0 Å². The highest BCUT2D eigenvalue weighted by Crippen LogP contribution is 2.13. The molecular weight excluding hydrogens is 240 g/mol. The van der Waals surface area contributed by atoms with E-state index in [0.29, 0.717) is 17.1 Å². The number of carbonyl (C=O) groups is 2. The Morgan fingerprint density at radius 2 is 2.18 bits per heavy atom. The summed E-state index contributed by atoms with van der Waals surface area (Å²) < 4.78 is 0. The summed E-state index contributed by atoms with van der Waals surface area (Å²) in [6.07, 6.45) is 0. The molecule has 17 heavy (non-hydrogen) atoms. The Labute approximate surface area is 103 Å². The Hall–Kier alpha value is -1.53. The molecule has 0 spiro atoms. The van der Waals surface area contributed by atoms with Gasteiger partial charge in [0.05, 0.1) is 11.7 Å². The van der Waals surface area contributed by atoms with Crippen LogP contribution >= 0.6 is 11.8 Å². The Morgan fingerprint density at radius 3 is 2.76 bits per heavy atom. The lowest BCUT2D eigenvalue weighted by Crippen LogP contribution is -2.69. The summed E-state index contributed by atoms with van der Waals surface area (Å²) in [5.74, 6) is -0.631. The summed E-state index contributed by atoms with van der Waals surface area (Å²) in [5, 5.41) is 10.4. The van der Waals surface area contributed by atoms with Crippen LogP contribution in [-0.4, -0.2) is 23.7 Å². The molecule has 0 aliphatic rings. The molecule has 1 rings (SSSR count). The molecule has 1 aromatic rings. The average molecular weight is 254 g/mol. The number of benzene rings is 1. The lowest BCUT2D eigenvalue weighted by Gasteiger charge is -2.08. The summed E-state index contributed by atoms with van der Waals surface area (Å²) in [6.45, 7) is 0. The Morgan fingerprint density at radius 1 is 1.47 bits per heavy atom. The van der Waals surface area contributed by atoms with Gasteiger partial charge in [-0.15, -0.1) is 0 Å². The van der Waals surface area contributed by atoms with Crippen molar-refractivity contribution in [2.45, 2.75) is 11.8 Å². The predicted molar refractivity (Wildman–Crippen MR) is 62.8 cm³/mol. The van der Waals surface area contributed by atoms with Crippen molar-refractivity contribution in [3.8, 4) is 0 Å². The molecule has 6 heteroatoms. The number of nitrogens with two attached hydrogens (primary N) is 1. The van der Waals surface area contributed by atoms with Gasteiger partial charge < -0.3 is 21.4 Å². The highest BCUT2D eigenvalue weighted by molar-refractivity contribution is 7.98. The molecular formula is C11H14N2O3S. The molecule has 0 aliphatic carbocycles. The first-order chi connectivity index (χ1) is 8.00. The van der Waals surface area contributed by atoms with Gasteiger partial charge in [-0.1, -0.05) is 12.1 Å². The van der Waals surface area contributed by atoms with Gasteiger partial charge in [0.15, 0.2) is 0 Å². The summed E-state index contributed by atoms with van der Waals surface area (Å²) >= 11 is 1.43. The Bertz CT molecular complexity index is 423. The van der Waals surface area contributed by atoms with Gasteiger partial charge in [0.1, 0.15) is 6.04 Å². The second-order valence-electron chi connectivity index (χ2n) is 3.60. The van der Waals surface area contributed by atoms with E-state index in [0.717, 1.165) is 5.56 Å². The van der Waals surface area contributed by atoms with Gasteiger partial charge in [-0.3, -0.25) is 4.79 Å². The molecule has 0 bridgehead atoms. The number of aliphatic carboxylic acids is 1. The van der Waals surface area contributed by atoms with Crippen molar-refractivity contribution in [3.63, 3.8) is 0 Å². The predicted octanol–water partition coefficient (Wildman–Crippen LogP) is -1.62. The largest absolute Gasteiger partial charge is 0.544 e. The van der Waals surface area contributed by atoms with E-state index in [1.807, 2.05) is 6.07 Å². The fraction of sp³-hybridized carbons (Fsp3) is 0.273. The molecule has 0 radical (unpaired) electrons. The maximum atomic E-state index is 10.9. The number of carboxylic acid groups (broad SMARTS) is 1. The first-order valence-electron chi connectivity index (χ1n) is 5.01. The summed E-state index contributed by atoms with van der Waals surface area (Å²) in [5.41, 5.74) is 10.00. The third-order valence-electron chi connectivity index (χ3n) is 2.13. The number of amides is 1. The molecule has 1 aromatic carbocycles. The third-order valence-corrected chi connectivity index (χ3v) is 3.31. The van der Waals surface area contributed by atoms with Crippen LogP contribution in [0, 0.1) is 0 Å². The highest BCUT2D eigenvalue weighted by Gasteiger charge is 2.07. The van der Waals surface area contributed by atoms with E-state index >= 15 is 0 Å². The molecule has 92 valence electrons. The van der Waals surface area contributed by atoms with E-state index in [1.165, 1.54) is 11.8 Å². The van der Waals surface area contributed by atoms with Crippen molar-refractivity contribution in [1.29, 1.82) is 0 Å². The van der Waals surface area contributed by atoms with Crippen molar-refractivity contribution < 1.29 is 20.4 Å². The van der Waals surface area contributed by atoms with Crippen molar-refractivity contribution in [2.75, 3.05) is 5.75 Å². The van der Waals surface area contributed by atoms with Crippen LogP contribution in [0.1, 0.15) is 15.9 Å². The molecule has 1 atom stereocenters. The maximum Gasteiger partial charge on any atom is 0.248 e. The molecule has 5 N–H and O–H groups in total. The van der Waals surface area contributed by atoms with E-state index in [1.54, 1.807) is 18.2 Å². The zero-order chi connectivity index (χ0) is 12.8. The summed E-state index contributed by atoms with van der Waals surface area (Å²) in [4.78, 5) is 21.4. The van der Waals surface area contributed by atoms with Gasteiger partial charge in [-0.05, 0) is 17.7 Å². The van der Waals surface area contributed by atoms with Crippen molar-refractivity contribution >= 4 is 23.6 Å². The smallest absolute Gasteiger partial charge is 0.248 e. The third kappa shape index (κ3) is 4.46. The summed E-state index contributed by atoms with van der Waals surface area (Å²) in [6, 6.07) is 6.22. The van der Waals surface area contributed by atoms with Gasteiger partial charge >= 0.3 is 0 Å². The minimum Gasteiger partial charge on any atom is -0.544 e. The van der Waals surface area contributed by atoms with Gasteiger partial charge in [0, 0.05) is 11.3 Å². The standard InChI is InChI=1S/C11H14N2O3S/c12-9(11(15)16)6-17-5-7-2-1-3-8(4-7)10(13)14/h1-4,9H,5-6,12H2,(H2,13,14)(H,15,16)/t9-/m0/s1. The lowest BCUT2D eigenvalue weighted by molar-refractivity contribution is -0.431. The van der Waals surface area contributed by atoms with Gasteiger partial charge in [0.2, 0.25) is 5.91 Å². The molecule has 0 aliphatic heterocycles. The van der Waals surface area contributed by atoms with Crippen LogP contribution in [0.5, 0.6) is 0 Å². The van der Waals surface area contributed by atoms with E-state index in [4.69, 9.17) is 5.73 Å². The normalized spacial score (nSPS) is 12.1. The lowest BCUT2D eigenvalue weighted by atomic mass is 10.1. The number of quaternary nitrogens is 1. The Balaban J connectivity index is 2.49. The monoisotopic (exact) mass is 254 g/mol. The maximum absolute atomic E-state index is 10.9. The second kappa shape index (κ2) is 6.27. The summed E-state index contributed by atoms with van der Waals surface area (Å²) in [7, 11) is 0. The van der Waals surface area contributed by atoms with Gasteiger partial charge in [-0.2, -0.15) is 11.8 Å². The fourth-order valence-electron chi connectivity index (χ4n) is 1.20. The van der Waals surface area contributed by atoms with E-state index in [-0.39, 0.29) is 0 Å². The zero-order valence-electron chi connectivity index (χ0n) is 9.22. The molecule has 0 unspecified atom stereocenters. The van der Waals surface area contributed by atoms with E-state index < -0.39 is 17.9 Å². The van der Waals surface area contributed by atoms with Crippen LogP contribution in [0.4, 0.5) is 0 Å². The SMILES string of the molecule is NC(=O)c1cccc(CSC[C@H]([NH3+])C(=O)[O-])c1. The number of carbonyl (C=O) groups excluding carboxylic acids is 2. The molecule has 0 aromatic heterocycles. The fourth-order valence-corrected chi connectivity index (χ4v) is 2.16. The molecule has 0 fully saturated rings. The van der Waals surface area contributed by atoms with Crippen LogP contribution in [0.3, 0.4) is 0 Å². The quantitative estimate of drug-likeness (QED) is 0.635. The Kier molecular flexibility index (Phi) is 4.99. The topological polar surface area (TPSA) is 111 Å².